The van der Waals surface area contributed by atoms with Crippen molar-refractivity contribution >= 4 is 17.7 Å². The van der Waals surface area contributed by atoms with Gasteiger partial charge in [-0.2, -0.15) is 0 Å². The van der Waals surface area contributed by atoms with Crippen molar-refractivity contribution in [2.24, 2.45) is 11.8 Å². The summed E-state index contributed by atoms with van der Waals surface area (Å²) in [7, 11) is 0. The molecule has 0 bridgehead atoms. The highest BCUT2D eigenvalue weighted by Crippen LogP contribution is 2.27. The van der Waals surface area contributed by atoms with E-state index in [1.54, 1.807) is 0 Å². The van der Waals surface area contributed by atoms with E-state index in [9.17, 15) is 4.79 Å². The Balaban J connectivity index is 1.65. The maximum absolute atomic E-state index is 12.8. The molecule has 3 atom stereocenters. The molecule has 7 heteroatoms. The number of hydrogen-bond acceptors (Lipinski definition) is 5. The lowest BCUT2D eigenvalue weighted by Crippen LogP contribution is -2.44. The molecule has 0 spiro atoms. The van der Waals surface area contributed by atoms with Crippen LogP contribution in [0.25, 0.3) is 0 Å². The summed E-state index contributed by atoms with van der Waals surface area (Å²) in [5, 5.41) is 12.6. The summed E-state index contributed by atoms with van der Waals surface area (Å²) < 4.78 is 8.02. The minimum absolute atomic E-state index is 0.0873. The second kappa shape index (κ2) is 11.6. The average molecular weight is 445 g/mol. The zero-order valence-electron chi connectivity index (χ0n) is 19.2. The Hall–Kier alpha value is -2.02. The van der Waals surface area contributed by atoms with Crippen molar-refractivity contribution in [1.29, 1.82) is 0 Å². The normalized spacial score (nSPS) is 19.9. The van der Waals surface area contributed by atoms with Gasteiger partial charge < -0.3 is 14.6 Å². The third-order valence-corrected chi connectivity index (χ3v) is 7.01. The predicted molar refractivity (Wildman–Crippen MR) is 125 cm³/mol. The molecule has 1 N–H and O–H groups in total. The maximum Gasteiger partial charge on any atom is 0.233 e. The van der Waals surface area contributed by atoms with E-state index in [2.05, 4.69) is 40.9 Å². The summed E-state index contributed by atoms with van der Waals surface area (Å²) in [6, 6.07) is 10.0. The lowest BCUT2D eigenvalue weighted by atomic mass is 9.86. The zero-order chi connectivity index (χ0) is 22.2. The minimum atomic E-state index is -0.223. The van der Waals surface area contributed by atoms with Crippen molar-refractivity contribution in [3.8, 4) is 5.75 Å². The van der Waals surface area contributed by atoms with Crippen LogP contribution in [0.15, 0.2) is 35.5 Å². The molecule has 0 radical (unpaired) electrons. The number of nitrogens with zero attached hydrogens (tertiary/aromatic N) is 3. The largest absolute Gasteiger partial charge is 0.486 e. The quantitative estimate of drug-likeness (QED) is 0.518. The number of carbonyl (C=O) groups excluding carboxylic acids is 1. The molecule has 3 unspecified atom stereocenters. The summed E-state index contributed by atoms with van der Waals surface area (Å²) in [5.41, 5.74) is 0. The minimum Gasteiger partial charge on any atom is -0.486 e. The molecule has 1 aromatic heterocycles. The van der Waals surface area contributed by atoms with Crippen LogP contribution in [0.1, 0.15) is 65.6 Å². The first-order valence-electron chi connectivity index (χ1n) is 11.5. The molecule has 3 rings (SSSR count). The number of ether oxygens (including phenoxy) is 1. The Bertz CT molecular complexity index is 824. The monoisotopic (exact) mass is 444 g/mol. The van der Waals surface area contributed by atoms with Gasteiger partial charge in [-0.1, -0.05) is 63.6 Å². The van der Waals surface area contributed by atoms with Crippen LogP contribution in [0.4, 0.5) is 0 Å². The van der Waals surface area contributed by atoms with Gasteiger partial charge in [0.2, 0.25) is 5.91 Å². The Morgan fingerprint density at radius 3 is 2.65 bits per heavy atom. The number of hydrogen-bond donors (Lipinski definition) is 1. The van der Waals surface area contributed by atoms with Gasteiger partial charge in [0.05, 0.1) is 5.25 Å². The summed E-state index contributed by atoms with van der Waals surface area (Å²) in [6.45, 7) is 9.78. The topological polar surface area (TPSA) is 69.0 Å². The van der Waals surface area contributed by atoms with Gasteiger partial charge in [-0.3, -0.25) is 4.79 Å². The van der Waals surface area contributed by atoms with Crippen LogP contribution in [-0.2, 0) is 17.9 Å². The molecule has 6 nitrogen and oxygen atoms in total. The summed E-state index contributed by atoms with van der Waals surface area (Å²) in [5.74, 6) is 2.80. The van der Waals surface area contributed by atoms with Crippen molar-refractivity contribution < 1.29 is 9.53 Å². The van der Waals surface area contributed by atoms with Gasteiger partial charge in [0.1, 0.15) is 12.4 Å². The number of rotatable bonds is 10. The highest BCUT2D eigenvalue weighted by atomic mass is 32.2. The fraction of sp³-hybridized carbons (Fsp3) is 0.625. The first-order chi connectivity index (χ1) is 14.9. The molecular weight excluding hydrogens is 408 g/mol. The Morgan fingerprint density at radius 1 is 1.19 bits per heavy atom. The smallest absolute Gasteiger partial charge is 0.233 e. The molecule has 1 saturated carbocycles. The number of para-hydroxylation sites is 1. The lowest BCUT2D eigenvalue weighted by Gasteiger charge is -2.30. The van der Waals surface area contributed by atoms with Crippen LogP contribution < -0.4 is 10.1 Å². The second-order valence-electron chi connectivity index (χ2n) is 8.97. The number of benzene rings is 1. The number of thioether (sulfide) groups is 1. The number of carbonyl (C=O) groups is 1. The van der Waals surface area contributed by atoms with Gasteiger partial charge in [0.25, 0.3) is 0 Å². The summed E-state index contributed by atoms with van der Waals surface area (Å²) in [6.07, 6.45) is 5.76. The molecule has 1 aliphatic carbocycles. The number of amides is 1. The van der Waals surface area contributed by atoms with Crippen LogP contribution in [0.3, 0.4) is 0 Å². The van der Waals surface area contributed by atoms with Crippen molar-refractivity contribution in [2.75, 3.05) is 0 Å². The molecule has 1 amide bonds. The third-order valence-electron chi connectivity index (χ3n) is 5.93. The Labute approximate surface area is 190 Å². The molecule has 170 valence electrons. The molecular formula is C24H36N4O2S. The fourth-order valence-corrected chi connectivity index (χ4v) is 4.74. The van der Waals surface area contributed by atoms with Gasteiger partial charge in [-0.15, -0.1) is 10.2 Å². The van der Waals surface area contributed by atoms with E-state index >= 15 is 0 Å². The first kappa shape index (κ1) is 23.6. The maximum atomic E-state index is 12.8. The van der Waals surface area contributed by atoms with Crippen LogP contribution in [-0.4, -0.2) is 32.0 Å². The standard InChI is InChI=1S/C24H36N4O2S/c1-17(2)14-15-28-22(16-30-20-11-6-5-7-12-20)26-27-24(28)31-19(4)23(29)25-21-13-9-8-10-18(21)3/h5-7,11-12,17-19,21H,8-10,13-16H2,1-4H3,(H,25,29). The molecule has 1 aliphatic rings. The van der Waals surface area contributed by atoms with Crippen molar-refractivity contribution in [1.82, 2.24) is 20.1 Å². The number of nitrogens with one attached hydrogen (secondary N) is 1. The lowest BCUT2D eigenvalue weighted by molar-refractivity contribution is -0.121. The SMILES string of the molecule is CC(C)CCn1c(COc2ccccc2)nnc1SC(C)C(=O)NC1CCCCC1C. The van der Waals surface area contributed by atoms with E-state index in [4.69, 9.17) is 4.74 Å². The molecule has 0 saturated heterocycles. The van der Waals surface area contributed by atoms with E-state index in [0.29, 0.717) is 18.4 Å². The molecule has 0 aliphatic heterocycles. The summed E-state index contributed by atoms with van der Waals surface area (Å²) >= 11 is 1.48. The van der Waals surface area contributed by atoms with Crippen LogP contribution in [0, 0.1) is 11.8 Å². The second-order valence-corrected chi connectivity index (χ2v) is 10.3. The van der Waals surface area contributed by atoms with Gasteiger partial charge in [-0.25, -0.2) is 0 Å². The first-order valence-corrected chi connectivity index (χ1v) is 12.4. The molecule has 1 aromatic carbocycles. The van der Waals surface area contributed by atoms with Crippen molar-refractivity contribution in [3.63, 3.8) is 0 Å². The van der Waals surface area contributed by atoms with E-state index < -0.39 is 0 Å². The highest BCUT2D eigenvalue weighted by Gasteiger charge is 2.26. The summed E-state index contributed by atoms with van der Waals surface area (Å²) in [4.78, 5) is 12.8. The van der Waals surface area contributed by atoms with E-state index in [-0.39, 0.29) is 17.2 Å². The zero-order valence-corrected chi connectivity index (χ0v) is 20.0. The third kappa shape index (κ3) is 6.99. The average Bonchev–Trinajstić information content (AvgIpc) is 3.14. The number of aromatic nitrogens is 3. The van der Waals surface area contributed by atoms with Gasteiger partial charge in [0.15, 0.2) is 11.0 Å². The van der Waals surface area contributed by atoms with Crippen molar-refractivity contribution in [3.05, 3.63) is 36.2 Å². The highest BCUT2D eigenvalue weighted by molar-refractivity contribution is 8.00. The molecule has 1 heterocycles. The fourth-order valence-electron chi connectivity index (χ4n) is 3.83. The van der Waals surface area contributed by atoms with Crippen molar-refractivity contribution in [2.45, 2.75) is 89.4 Å². The molecule has 2 aromatic rings. The van der Waals surface area contributed by atoms with Gasteiger partial charge in [0, 0.05) is 12.6 Å². The van der Waals surface area contributed by atoms with E-state index in [0.717, 1.165) is 36.1 Å². The predicted octanol–water partition coefficient (Wildman–Crippen LogP) is 5.08. The van der Waals surface area contributed by atoms with Crippen LogP contribution in [0.5, 0.6) is 5.75 Å². The van der Waals surface area contributed by atoms with Crippen LogP contribution in [0.2, 0.25) is 0 Å². The van der Waals surface area contributed by atoms with Gasteiger partial charge >= 0.3 is 0 Å². The van der Waals surface area contributed by atoms with E-state index in [1.807, 2.05) is 37.3 Å². The van der Waals surface area contributed by atoms with Crippen LogP contribution >= 0.6 is 11.8 Å². The Kier molecular flexibility index (Phi) is 8.81. The van der Waals surface area contributed by atoms with Gasteiger partial charge in [-0.05, 0) is 50.2 Å². The molecule has 31 heavy (non-hydrogen) atoms. The van der Waals surface area contributed by atoms with E-state index in [1.165, 1.54) is 31.0 Å². The molecule has 1 fully saturated rings. The Morgan fingerprint density at radius 2 is 1.94 bits per heavy atom.